The van der Waals surface area contributed by atoms with Gasteiger partial charge in [0.25, 0.3) is 0 Å². The third-order valence-electron chi connectivity index (χ3n) is 3.75. The normalized spacial score (nSPS) is 10.4. The van der Waals surface area contributed by atoms with Crippen molar-refractivity contribution in [2.75, 3.05) is 28.4 Å². The third kappa shape index (κ3) is 4.38. The monoisotopic (exact) mass is 554 g/mol. The molecule has 0 fully saturated rings. The molecular weight excluding hydrogens is 534 g/mol. The van der Waals surface area contributed by atoms with Gasteiger partial charge in [0.05, 0.1) is 35.6 Å². The average Bonchev–Trinajstić information content (AvgIpc) is 2.61. The molecule has 0 radical (unpaired) electrons. The Morgan fingerprint density at radius 2 is 1.00 bits per heavy atom. The van der Waals surface area contributed by atoms with E-state index in [1.54, 1.807) is 28.4 Å². The number of hydrogen-bond acceptors (Lipinski definition) is 4. The van der Waals surface area contributed by atoms with Crippen LogP contribution in [0.2, 0.25) is 0 Å². The number of methoxy groups -OCH3 is 4. The lowest BCUT2D eigenvalue weighted by molar-refractivity contribution is 0.390. The van der Waals surface area contributed by atoms with Crippen molar-refractivity contribution in [1.82, 2.24) is 0 Å². The van der Waals surface area contributed by atoms with Crippen molar-refractivity contribution in [2.24, 2.45) is 0 Å². The van der Waals surface area contributed by atoms with Crippen LogP contribution in [0.3, 0.4) is 0 Å². The second-order valence-electron chi connectivity index (χ2n) is 5.11. The first-order valence-electron chi connectivity index (χ1n) is 7.34. The van der Waals surface area contributed by atoms with Crippen molar-refractivity contribution in [3.8, 4) is 23.0 Å². The molecule has 2 aromatic rings. The number of halogens is 2. The highest BCUT2D eigenvalue weighted by Crippen LogP contribution is 2.33. The fraction of sp³-hybridized carbons (Fsp3) is 0.333. The van der Waals surface area contributed by atoms with Gasteiger partial charge in [-0.1, -0.05) is 0 Å². The zero-order chi connectivity index (χ0) is 17.7. The maximum atomic E-state index is 5.45. The summed E-state index contributed by atoms with van der Waals surface area (Å²) < 4.78 is 23.9. The molecule has 2 aromatic carbocycles. The topological polar surface area (TPSA) is 36.9 Å². The molecule has 0 saturated carbocycles. The predicted molar refractivity (Wildman–Crippen MR) is 112 cm³/mol. The summed E-state index contributed by atoms with van der Waals surface area (Å²) in [6, 6.07) is 7.94. The average molecular weight is 554 g/mol. The fourth-order valence-electron chi connectivity index (χ4n) is 2.42. The highest BCUT2D eigenvalue weighted by molar-refractivity contribution is 14.1. The van der Waals surface area contributed by atoms with Gasteiger partial charge >= 0.3 is 0 Å². The highest BCUT2D eigenvalue weighted by Gasteiger charge is 2.13. The first kappa shape index (κ1) is 19.4. The van der Waals surface area contributed by atoms with Crippen molar-refractivity contribution in [2.45, 2.75) is 12.8 Å². The molecule has 130 valence electrons. The number of aryl methyl sites for hydroxylation is 2. The van der Waals surface area contributed by atoms with Crippen molar-refractivity contribution in [3.05, 3.63) is 42.5 Å². The molecule has 0 heterocycles. The molecule has 0 amide bonds. The number of ether oxygens (including phenoxy) is 4. The summed E-state index contributed by atoms with van der Waals surface area (Å²) in [7, 11) is 6.69. The van der Waals surface area contributed by atoms with E-state index in [0.29, 0.717) is 0 Å². The highest BCUT2D eigenvalue weighted by atomic mass is 127. The molecular formula is C18H20I2O4. The van der Waals surface area contributed by atoms with E-state index < -0.39 is 0 Å². The van der Waals surface area contributed by atoms with Gasteiger partial charge in [0, 0.05) is 12.1 Å². The largest absolute Gasteiger partial charge is 0.497 e. The molecule has 6 heteroatoms. The van der Waals surface area contributed by atoms with Gasteiger partial charge in [-0.3, -0.25) is 0 Å². The summed E-state index contributed by atoms with van der Waals surface area (Å²) in [5, 5.41) is 0. The molecule has 0 unspecified atom stereocenters. The van der Waals surface area contributed by atoms with Gasteiger partial charge in [-0.15, -0.1) is 0 Å². The SMILES string of the molecule is COc1cc(CCc2cc(OC)cc(OC)c2I)c(I)c(OC)c1. The van der Waals surface area contributed by atoms with E-state index in [-0.39, 0.29) is 0 Å². The van der Waals surface area contributed by atoms with Crippen molar-refractivity contribution >= 4 is 45.2 Å². The number of benzene rings is 2. The van der Waals surface area contributed by atoms with Crippen LogP contribution >= 0.6 is 45.2 Å². The summed E-state index contributed by atoms with van der Waals surface area (Å²) in [6.07, 6.45) is 1.75. The van der Waals surface area contributed by atoms with E-state index >= 15 is 0 Å². The lowest BCUT2D eigenvalue weighted by Gasteiger charge is -2.14. The van der Waals surface area contributed by atoms with E-state index in [0.717, 1.165) is 43.0 Å². The molecule has 0 saturated heterocycles. The van der Waals surface area contributed by atoms with E-state index in [1.807, 2.05) is 12.1 Å². The van der Waals surface area contributed by atoms with E-state index in [4.69, 9.17) is 18.9 Å². The summed E-state index contributed by atoms with van der Waals surface area (Å²) in [6.45, 7) is 0. The van der Waals surface area contributed by atoms with Crippen molar-refractivity contribution in [1.29, 1.82) is 0 Å². The summed E-state index contributed by atoms with van der Waals surface area (Å²) in [5.74, 6) is 3.28. The molecule has 0 aliphatic heterocycles. The Kier molecular flexibility index (Phi) is 7.27. The Balaban J connectivity index is 2.31. The Labute approximate surface area is 170 Å². The smallest absolute Gasteiger partial charge is 0.136 e. The quantitative estimate of drug-likeness (QED) is 0.465. The van der Waals surface area contributed by atoms with Gasteiger partial charge in [-0.05, 0) is 81.3 Å². The lowest BCUT2D eigenvalue weighted by Crippen LogP contribution is -2.01. The summed E-state index contributed by atoms with van der Waals surface area (Å²) in [4.78, 5) is 0. The Bertz CT molecular complexity index is 655. The molecule has 0 spiro atoms. The number of hydrogen-bond donors (Lipinski definition) is 0. The van der Waals surface area contributed by atoms with Gasteiger partial charge in [-0.2, -0.15) is 0 Å². The Morgan fingerprint density at radius 1 is 0.625 bits per heavy atom. The standard InChI is InChI=1S/C18H20I2O4/c1-21-13-7-11(17(19)15(9-13)23-3)5-6-12-8-14(22-2)10-16(24-4)18(12)20/h7-10H,5-6H2,1-4H3. The van der Waals surface area contributed by atoms with Gasteiger partial charge in [-0.25, -0.2) is 0 Å². The summed E-state index contributed by atoms with van der Waals surface area (Å²) in [5.41, 5.74) is 2.40. The van der Waals surface area contributed by atoms with Gasteiger partial charge in [0.1, 0.15) is 23.0 Å². The van der Waals surface area contributed by atoms with Crippen LogP contribution in [-0.4, -0.2) is 28.4 Å². The zero-order valence-corrected chi connectivity index (χ0v) is 18.4. The molecule has 0 N–H and O–H groups in total. The first-order valence-corrected chi connectivity index (χ1v) is 9.50. The van der Waals surface area contributed by atoms with Crippen LogP contribution in [0.4, 0.5) is 0 Å². The molecule has 0 aliphatic rings. The molecule has 0 atom stereocenters. The Morgan fingerprint density at radius 3 is 1.29 bits per heavy atom. The minimum atomic E-state index is 0.806. The summed E-state index contributed by atoms with van der Waals surface area (Å²) >= 11 is 4.64. The maximum Gasteiger partial charge on any atom is 0.136 e. The second kappa shape index (κ2) is 8.98. The minimum absolute atomic E-state index is 0.806. The van der Waals surface area contributed by atoms with Crippen LogP contribution in [0, 0.1) is 7.14 Å². The van der Waals surface area contributed by atoms with Crippen molar-refractivity contribution < 1.29 is 18.9 Å². The Hall–Kier alpha value is -0.900. The first-order chi connectivity index (χ1) is 11.5. The molecule has 0 aromatic heterocycles. The van der Waals surface area contributed by atoms with Crippen LogP contribution in [-0.2, 0) is 12.8 Å². The third-order valence-corrected chi connectivity index (χ3v) is 6.20. The second-order valence-corrected chi connectivity index (χ2v) is 7.26. The predicted octanol–water partition coefficient (Wildman–Crippen LogP) is 4.72. The van der Waals surface area contributed by atoms with Crippen LogP contribution in [0.1, 0.15) is 11.1 Å². The van der Waals surface area contributed by atoms with Gasteiger partial charge in [0.15, 0.2) is 0 Å². The molecule has 4 nitrogen and oxygen atoms in total. The molecule has 0 aliphatic carbocycles. The van der Waals surface area contributed by atoms with Gasteiger partial charge in [0.2, 0.25) is 0 Å². The number of rotatable bonds is 7. The molecule has 0 bridgehead atoms. The zero-order valence-electron chi connectivity index (χ0n) is 14.1. The molecule has 2 rings (SSSR count). The molecule has 24 heavy (non-hydrogen) atoms. The van der Waals surface area contributed by atoms with Crippen molar-refractivity contribution in [3.63, 3.8) is 0 Å². The fourth-order valence-corrected chi connectivity index (χ4v) is 4.02. The van der Waals surface area contributed by atoms with E-state index in [1.165, 1.54) is 11.1 Å². The van der Waals surface area contributed by atoms with Crippen LogP contribution < -0.4 is 18.9 Å². The van der Waals surface area contributed by atoms with Crippen LogP contribution in [0.5, 0.6) is 23.0 Å². The van der Waals surface area contributed by atoms with E-state index in [2.05, 4.69) is 57.3 Å². The van der Waals surface area contributed by atoms with E-state index in [9.17, 15) is 0 Å². The van der Waals surface area contributed by atoms with Crippen LogP contribution in [0.15, 0.2) is 24.3 Å². The maximum absolute atomic E-state index is 5.45. The van der Waals surface area contributed by atoms with Crippen LogP contribution in [0.25, 0.3) is 0 Å². The van der Waals surface area contributed by atoms with Gasteiger partial charge < -0.3 is 18.9 Å². The lowest BCUT2D eigenvalue weighted by atomic mass is 10.0. The minimum Gasteiger partial charge on any atom is -0.497 e.